The third-order valence-electron chi connectivity index (χ3n) is 18.2. The summed E-state index contributed by atoms with van der Waals surface area (Å²) in [6.07, 6.45) is 2.48. The number of ether oxygens (including phenoxy) is 4. The number of aliphatic hydroxyl groups excluding tert-OH is 3. The smallest absolute Gasteiger partial charge is 0.311 e. The fraction of sp³-hybridized carbons (Fsp3) is 0.338. The number of carboxylic acid groups (broad SMARTS) is 1. The third kappa shape index (κ3) is 18.4. The molecule has 0 bridgehead atoms. The monoisotopic (exact) mass is 1350 g/mol. The number of nitrogens with one attached hydrogen (secondary N) is 4. The molecule has 516 valence electrons. The number of para-hydroxylation sites is 3. The molecule has 3 unspecified atom stereocenters. The van der Waals surface area contributed by atoms with E-state index in [1.807, 2.05) is 112 Å². The van der Waals surface area contributed by atoms with Gasteiger partial charge in [0.1, 0.15) is 37.1 Å². The number of pyridine rings is 3. The first-order valence-electron chi connectivity index (χ1n) is 33.4. The van der Waals surface area contributed by atoms with Crippen molar-refractivity contribution in [2.75, 3.05) is 6.61 Å². The number of hydrogen-bond donors (Lipinski definition) is 9. The molecule has 0 saturated heterocycles. The largest absolute Gasteiger partial charge is 0.489 e. The molecule has 3 fully saturated rings. The Hall–Kier alpha value is -10.4. The lowest BCUT2D eigenvalue weighted by atomic mass is 9.82. The number of carbonyl (C=O) groups is 6. The maximum absolute atomic E-state index is 12.8. The van der Waals surface area contributed by atoms with E-state index in [1.54, 1.807) is 85.2 Å². The fourth-order valence-corrected chi connectivity index (χ4v) is 13.1. The molecule has 3 aromatic heterocycles. The first-order chi connectivity index (χ1) is 47.8. The van der Waals surface area contributed by atoms with Crippen molar-refractivity contribution < 1.29 is 73.3 Å². The Labute approximate surface area is 573 Å². The molecule has 22 heteroatoms. The lowest BCUT2D eigenvalue weighted by molar-refractivity contribution is -0.152. The minimum absolute atomic E-state index is 0.266. The zero-order valence-electron chi connectivity index (χ0n) is 55.6. The summed E-state index contributed by atoms with van der Waals surface area (Å²) in [6, 6.07) is 47.7. The number of aromatic nitrogens is 3. The lowest BCUT2D eigenvalue weighted by Gasteiger charge is -2.34. The minimum Gasteiger partial charge on any atom is -0.489 e. The molecule has 12 rings (SSSR count). The zero-order chi connectivity index (χ0) is 70.1. The van der Waals surface area contributed by atoms with E-state index in [4.69, 9.17) is 24.2 Å². The summed E-state index contributed by atoms with van der Waals surface area (Å²) in [4.78, 5) is 87.6. The van der Waals surface area contributed by atoms with Crippen LogP contribution in [0.3, 0.4) is 0 Å². The van der Waals surface area contributed by atoms with Crippen LogP contribution in [0.15, 0.2) is 164 Å². The average Bonchev–Trinajstić information content (AvgIpc) is 0.871. The number of aliphatic hydroxyl groups is 3. The highest BCUT2D eigenvalue weighted by molar-refractivity contribution is 5.96. The molecule has 22 nitrogen and oxygen atoms in total. The van der Waals surface area contributed by atoms with E-state index in [0.717, 1.165) is 72.9 Å². The van der Waals surface area contributed by atoms with Crippen LogP contribution in [0.25, 0.3) is 32.7 Å². The average molecular weight is 1350 g/mol. The predicted molar refractivity (Wildman–Crippen MR) is 370 cm³/mol. The van der Waals surface area contributed by atoms with Crippen LogP contribution < -0.4 is 35.6 Å². The molecule has 3 saturated carbocycles. The highest BCUT2D eigenvalue weighted by atomic mass is 16.5. The maximum atomic E-state index is 12.8. The van der Waals surface area contributed by atoms with Crippen LogP contribution in [0, 0.1) is 38.5 Å². The Morgan fingerprint density at radius 1 is 0.434 bits per heavy atom. The van der Waals surface area contributed by atoms with E-state index in [9.17, 15) is 49.2 Å². The van der Waals surface area contributed by atoms with Crippen molar-refractivity contribution in [2.45, 2.75) is 142 Å². The van der Waals surface area contributed by atoms with Crippen molar-refractivity contribution >= 4 is 68.3 Å². The normalized spacial score (nSPS) is 20.3. The molecule has 0 radical (unpaired) electrons. The second-order valence-electron chi connectivity index (χ2n) is 25.1. The van der Waals surface area contributed by atoms with Gasteiger partial charge >= 0.3 is 11.9 Å². The van der Waals surface area contributed by atoms with Gasteiger partial charge in [0, 0.05) is 66.6 Å². The van der Waals surface area contributed by atoms with E-state index in [-0.39, 0.29) is 18.5 Å². The Bertz CT molecular complexity index is 4310. The number of esters is 1. The van der Waals surface area contributed by atoms with Crippen molar-refractivity contribution in [2.24, 2.45) is 17.8 Å². The summed E-state index contributed by atoms with van der Waals surface area (Å²) in [6.45, 7) is 8.97. The standard InChI is InChI=1S/C27H30N2O5.C25H27N3O5.C25H26N2O5/c1-3-33-27(32)22-8-6-10-24(30)25(22)29-26(31)18-11-13-20(14-12-18)34-16-19-15-17(2)28-23-9-5-4-7-21(19)23;1-15-13-17(19-5-2-3-7-21(19)26-15)14-33-18-11-9-16(10-12-18)24(30)27-23-20(25(31)28-32)6-4-8-22(23)29;1-15-13-17(19-5-2-3-7-21(19)26-15)14-32-18-11-9-16(10-12-18)24(29)27-23-20(25(30)31)6-4-8-22(23)28/h4-5,7,9,11-15,22,24-25,30H,3,6,8,10,16H2,1-2H3,(H,29,31);2-3,5,7,9-13,20,22-23,29,32H,4,6,8,14H2,1H3,(H,27,30)(H,28,31);2-3,5,7,9-13,20,22-23,28H,4,6,8,14H2,1H3,(H,27,29)(H,30,31)/t22-,24+,25?;2*20-,22+,23?/m000/s1. The van der Waals surface area contributed by atoms with Crippen LogP contribution >= 0.6 is 0 Å². The van der Waals surface area contributed by atoms with Gasteiger partial charge in [-0.05, 0) is 195 Å². The molecule has 9 aromatic rings. The number of hydrogen-bond acceptors (Lipinski definition) is 17. The van der Waals surface area contributed by atoms with Gasteiger partial charge in [0.05, 0.1) is 77.3 Å². The number of fused-ring (bicyclic) bond motifs is 3. The van der Waals surface area contributed by atoms with Crippen molar-refractivity contribution in [3.05, 3.63) is 214 Å². The van der Waals surface area contributed by atoms with Crippen LogP contribution in [-0.2, 0) is 38.9 Å². The first-order valence-corrected chi connectivity index (χ1v) is 33.4. The van der Waals surface area contributed by atoms with Gasteiger partial charge in [-0.25, -0.2) is 5.48 Å². The second kappa shape index (κ2) is 33.7. The van der Waals surface area contributed by atoms with Gasteiger partial charge in [-0.3, -0.25) is 48.9 Å². The van der Waals surface area contributed by atoms with Crippen molar-refractivity contribution in [1.82, 2.24) is 36.4 Å². The number of aryl methyl sites for hydroxylation is 3. The number of benzene rings is 6. The van der Waals surface area contributed by atoms with Gasteiger partial charge in [-0.1, -0.05) is 54.6 Å². The van der Waals surface area contributed by atoms with Gasteiger partial charge < -0.3 is 55.3 Å². The number of rotatable bonds is 19. The predicted octanol–water partition coefficient (Wildman–Crippen LogP) is 10.3. The molecule has 99 heavy (non-hydrogen) atoms. The quantitative estimate of drug-likeness (QED) is 0.0206. The van der Waals surface area contributed by atoms with Gasteiger partial charge in [-0.2, -0.15) is 0 Å². The second-order valence-corrected chi connectivity index (χ2v) is 25.1. The van der Waals surface area contributed by atoms with E-state index >= 15 is 0 Å². The van der Waals surface area contributed by atoms with E-state index in [0.29, 0.717) is 105 Å². The Balaban J connectivity index is 0.000000161. The van der Waals surface area contributed by atoms with Crippen molar-refractivity contribution in [3.63, 3.8) is 0 Å². The van der Waals surface area contributed by atoms with Crippen molar-refractivity contribution in [3.8, 4) is 17.2 Å². The van der Waals surface area contributed by atoms with Crippen LogP contribution in [0.2, 0.25) is 0 Å². The molecule has 0 aliphatic heterocycles. The van der Waals surface area contributed by atoms with Gasteiger partial charge in [0.15, 0.2) is 0 Å². The molecule has 0 spiro atoms. The van der Waals surface area contributed by atoms with E-state index in [2.05, 4.69) is 30.9 Å². The molecule has 3 heterocycles. The van der Waals surface area contributed by atoms with E-state index < -0.39 is 77.9 Å². The number of carboxylic acids is 1. The van der Waals surface area contributed by atoms with Crippen LogP contribution in [-0.4, -0.2) is 119 Å². The Kier molecular flexibility index (Phi) is 24.3. The summed E-state index contributed by atoms with van der Waals surface area (Å²) in [5, 5.41) is 60.7. The topological polar surface area (TPSA) is 327 Å². The highest BCUT2D eigenvalue weighted by Crippen LogP contribution is 2.31. The van der Waals surface area contributed by atoms with Crippen LogP contribution in [0.1, 0.15) is 130 Å². The fourth-order valence-electron chi connectivity index (χ4n) is 13.1. The SMILES string of the molecule is CCOC(=O)[C@H]1CCC[C@@H](O)C1NC(=O)c1ccc(OCc2cc(C)nc3ccccc23)cc1.Cc1cc(COc2ccc(C(=O)NC3[C@H](O)CCC[C@@H]3C(=O)NO)cc2)c2ccccc2n1.Cc1cc(COc2ccc(C(=O)NC3[C@H](O)CCC[C@@H]3C(=O)O)cc2)c2ccccc2n1. The van der Waals surface area contributed by atoms with Crippen molar-refractivity contribution in [1.29, 1.82) is 0 Å². The number of hydroxylamine groups is 1. The molecular weight excluding hydrogens is 1260 g/mol. The van der Waals surface area contributed by atoms with Gasteiger partial charge in [0.25, 0.3) is 17.7 Å². The minimum atomic E-state index is -1.00. The number of carbonyl (C=O) groups excluding carboxylic acids is 5. The summed E-state index contributed by atoms with van der Waals surface area (Å²) >= 11 is 0. The summed E-state index contributed by atoms with van der Waals surface area (Å²) in [5.74, 6) is -3.32. The number of aliphatic carboxylic acids is 1. The molecule has 9 N–H and O–H groups in total. The maximum Gasteiger partial charge on any atom is 0.311 e. The third-order valence-corrected chi connectivity index (χ3v) is 18.2. The van der Waals surface area contributed by atoms with E-state index in [1.165, 1.54) is 0 Å². The Morgan fingerprint density at radius 3 is 1.08 bits per heavy atom. The van der Waals surface area contributed by atoms with Gasteiger partial charge in [-0.15, -0.1) is 0 Å². The first kappa shape index (κ1) is 71.4. The summed E-state index contributed by atoms with van der Waals surface area (Å²) < 4.78 is 23.0. The summed E-state index contributed by atoms with van der Waals surface area (Å²) in [5.41, 5.74) is 11.4. The molecular formula is C77H83N7O15. The zero-order valence-corrected chi connectivity index (χ0v) is 55.6. The lowest BCUT2D eigenvalue weighted by Crippen LogP contribution is -2.54. The number of amides is 4. The molecule has 6 aromatic carbocycles. The molecule has 4 amide bonds. The highest BCUT2D eigenvalue weighted by Gasteiger charge is 2.41. The number of nitrogens with zero attached hydrogens (tertiary/aromatic N) is 3. The van der Waals surface area contributed by atoms with Crippen LogP contribution in [0.4, 0.5) is 0 Å². The summed E-state index contributed by atoms with van der Waals surface area (Å²) in [7, 11) is 0. The molecule has 9 atom stereocenters. The Morgan fingerprint density at radius 2 is 0.747 bits per heavy atom. The molecule has 3 aliphatic carbocycles. The van der Waals surface area contributed by atoms with Gasteiger partial charge in [0.2, 0.25) is 5.91 Å². The van der Waals surface area contributed by atoms with Crippen LogP contribution in [0.5, 0.6) is 17.2 Å². The molecule has 3 aliphatic rings.